The Morgan fingerprint density at radius 2 is 1.57 bits per heavy atom. The SMILES string of the molecule is O=C(/C=C/c1ccco1)NC1c2ccccc2-c2ccccc21. The van der Waals surface area contributed by atoms with Crippen LogP contribution in [0.25, 0.3) is 17.2 Å². The van der Waals surface area contributed by atoms with Crippen molar-refractivity contribution in [1.29, 1.82) is 0 Å². The van der Waals surface area contributed by atoms with Gasteiger partial charge in [0.05, 0.1) is 12.3 Å². The van der Waals surface area contributed by atoms with Crippen LogP contribution in [-0.4, -0.2) is 5.91 Å². The lowest BCUT2D eigenvalue weighted by Gasteiger charge is -2.14. The first-order valence-corrected chi connectivity index (χ1v) is 7.53. The molecule has 0 aliphatic heterocycles. The summed E-state index contributed by atoms with van der Waals surface area (Å²) >= 11 is 0. The molecular weight excluding hydrogens is 286 g/mol. The second kappa shape index (κ2) is 5.61. The number of furan rings is 1. The molecule has 3 nitrogen and oxygen atoms in total. The fourth-order valence-corrected chi connectivity index (χ4v) is 3.05. The molecule has 0 saturated heterocycles. The van der Waals surface area contributed by atoms with Crippen molar-refractivity contribution < 1.29 is 9.21 Å². The summed E-state index contributed by atoms with van der Waals surface area (Å²) in [5, 5.41) is 3.09. The molecule has 1 N–H and O–H groups in total. The van der Waals surface area contributed by atoms with E-state index < -0.39 is 0 Å². The minimum atomic E-state index is -0.141. The molecular formula is C20H15NO2. The lowest BCUT2D eigenvalue weighted by atomic mass is 10.1. The second-order valence-corrected chi connectivity index (χ2v) is 5.46. The number of nitrogens with one attached hydrogen (secondary N) is 1. The van der Waals surface area contributed by atoms with E-state index in [2.05, 4.69) is 29.6 Å². The van der Waals surface area contributed by atoms with Crippen LogP contribution in [0.1, 0.15) is 22.9 Å². The van der Waals surface area contributed by atoms with Gasteiger partial charge < -0.3 is 9.73 Å². The van der Waals surface area contributed by atoms with Crippen LogP contribution in [0.15, 0.2) is 77.4 Å². The molecule has 0 saturated carbocycles. The zero-order chi connectivity index (χ0) is 15.6. The molecule has 2 aromatic carbocycles. The van der Waals surface area contributed by atoms with Gasteiger partial charge in [0.15, 0.2) is 0 Å². The highest BCUT2D eigenvalue weighted by molar-refractivity contribution is 5.93. The predicted octanol–water partition coefficient (Wildman–Crippen LogP) is 4.18. The Morgan fingerprint density at radius 1 is 0.913 bits per heavy atom. The average Bonchev–Trinajstić information content (AvgIpc) is 3.21. The lowest BCUT2D eigenvalue weighted by molar-refractivity contribution is -0.116. The van der Waals surface area contributed by atoms with Crippen molar-refractivity contribution in [3.8, 4) is 11.1 Å². The number of rotatable bonds is 3. The van der Waals surface area contributed by atoms with Gasteiger partial charge >= 0.3 is 0 Å². The van der Waals surface area contributed by atoms with E-state index in [1.54, 1.807) is 18.4 Å². The topological polar surface area (TPSA) is 42.2 Å². The van der Waals surface area contributed by atoms with Gasteiger partial charge in [-0.25, -0.2) is 0 Å². The van der Waals surface area contributed by atoms with E-state index in [0.717, 1.165) is 11.1 Å². The number of hydrogen-bond donors (Lipinski definition) is 1. The maximum absolute atomic E-state index is 12.3. The van der Waals surface area contributed by atoms with Gasteiger partial charge in [-0.2, -0.15) is 0 Å². The van der Waals surface area contributed by atoms with Gasteiger partial charge in [0.25, 0.3) is 0 Å². The van der Waals surface area contributed by atoms with Crippen molar-refractivity contribution >= 4 is 12.0 Å². The zero-order valence-corrected chi connectivity index (χ0v) is 12.4. The third kappa shape index (κ3) is 2.46. The molecule has 1 aliphatic rings. The van der Waals surface area contributed by atoms with Crippen LogP contribution in [0.2, 0.25) is 0 Å². The Morgan fingerprint density at radius 3 is 2.17 bits per heavy atom. The first-order chi connectivity index (χ1) is 11.3. The normalized spacial score (nSPS) is 13.0. The number of amides is 1. The number of carbonyl (C=O) groups is 1. The summed E-state index contributed by atoms with van der Waals surface area (Å²) < 4.78 is 5.20. The lowest BCUT2D eigenvalue weighted by Crippen LogP contribution is -2.26. The summed E-state index contributed by atoms with van der Waals surface area (Å²) in [6.07, 6.45) is 4.76. The van der Waals surface area contributed by atoms with Crippen molar-refractivity contribution in [3.63, 3.8) is 0 Å². The second-order valence-electron chi connectivity index (χ2n) is 5.46. The molecule has 1 heterocycles. The molecule has 3 aromatic rings. The number of carbonyl (C=O) groups excluding carboxylic acids is 1. The maximum Gasteiger partial charge on any atom is 0.244 e. The summed E-state index contributed by atoms with van der Waals surface area (Å²) in [6.45, 7) is 0. The van der Waals surface area contributed by atoms with Crippen LogP contribution < -0.4 is 5.32 Å². The van der Waals surface area contributed by atoms with Gasteiger partial charge in [-0.05, 0) is 40.5 Å². The van der Waals surface area contributed by atoms with Crippen molar-refractivity contribution in [1.82, 2.24) is 5.32 Å². The summed E-state index contributed by atoms with van der Waals surface area (Å²) in [5.41, 5.74) is 4.63. The van der Waals surface area contributed by atoms with Gasteiger partial charge in [-0.1, -0.05) is 48.5 Å². The number of hydrogen-bond acceptors (Lipinski definition) is 2. The largest absolute Gasteiger partial charge is 0.465 e. The minimum absolute atomic E-state index is 0.115. The van der Waals surface area contributed by atoms with Gasteiger partial charge in [-0.15, -0.1) is 0 Å². The van der Waals surface area contributed by atoms with Crippen molar-refractivity contribution in [2.24, 2.45) is 0 Å². The van der Waals surface area contributed by atoms with Crippen molar-refractivity contribution in [2.45, 2.75) is 6.04 Å². The minimum Gasteiger partial charge on any atom is -0.465 e. The fourth-order valence-electron chi connectivity index (χ4n) is 3.05. The molecule has 0 radical (unpaired) electrons. The molecule has 112 valence electrons. The Labute approximate surface area is 134 Å². The Balaban J connectivity index is 1.63. The Hall–Kier alpha value is -3.07. The average molecular weight is 301 g/mol. The van der Waals surface area contributed by atoms with Crippen LogP contribution in [0.4, 0.5) is 0 Å². The highest BCUT2D eigenvalue weighted by Crippen LogP contribution is 2.42. The third-order valence-electron chi connectivity index (χ3n) is 4.06. The number of fused-ring (bicyclic) bond motifs is 3. The standard InChI is InChI=1S/C20H15NO2/c22-19(12-11-14-6-5-13-23-14)21-20-17-9-3-1-7-15(17)16-8-2-4-10-18(16)20/h1-13,20H,(H,21,22)/b12-11+. The van der Waals surface area contributed by atoms with E-state index in [-0.39, 0.29) is 11.9 Å². The molecule has 0 fully saturated rings. The molecule has 0 spiro atoms. The fraction of sp³-hybridized carbons (Fsp3) is 0.0500. The third-order valence-corrected chi connectivity index (χ3v) is 4.06. The van der Waals surface area contributed by atoms with E-state index in [1.807, 2.05) is 30.3 Å². The van der Waals surface area contributed by atoms with Gasteiger partial charge in [0, 0.05) is 6.08 Å². The highest BCUT2D eigenvalue weighted by Gasteiger charge is 2.28. The molecule has 0 atom stereocenters. The highest BCUT2D eigenvalue weighted by atomic mass is 16.3. The first kappa shape index (κ1) is 13.6. The molecule has 0 unspecified atom stereocenters. The Kier molecular flexibility index (Phi) is 3.31. The number of benzene rings is 2. The van der Waals surface area contributed by atoms with E-state index in [1.165, 1.54) is 17.2 Å². The van der Waals surface area contributed by atoms with Gasteiger partial charge in [0.1, 0.15) is 5.76 Å². The molecule has 4 rings (SSSR count). The van der Waals surface area contributed by atoms with Gasteiger partial charge in [0.2, 0.25) is 5.91 Å². The van der Waals surface area contributed by atoms with E-state index in [4.69, 9.17) is 4.42 Å². The van der Waals surface area contributed by atoms with E-state index >= 15 is 0 Å². The molecule has 1 aromatic heterocycles. The smallest absolute Gasteiger partial charge is 0.244 e. The first-order valence-electron chi connectivity index (χ1n) is 7.53. The van der Waals surface area contributed by atoms with Crippen LogP contribution in [0.5, 0.6) is 0 Å². The summed E-state index contributed by atoms with van der Waals surface area (Å²) in [4.78, 5) is 12.3. The molecule has 3 heteroatoms. The van der Waals surface area contributed by atoms with Gasteiger partial charge in [-0.3, -0.25) is 4.79 Å². The van der Waals surface area contributed by atoms with Crippen LogP contribution in [0, 0.1) is 0 Å². The molecule has 1 aliphatic carbocycles. The Bertz CT molecular complexity index is 833. The van der Waals surface area contributed by atoms with Crippen molar-refractivity contribution in [3.05, 3.63) is 89.9 Å². The van der Waals surface area contributed by atoms with Crippen LogP contribution in [-0.2, 0) is 4.79 Å². The zero-order valence-electron chi connectivity index (χ0n) is 12.4. The molecule has 1 amide bonds. The summed E-state index contributed by atoms with van der Waals surface area (Å²) in [7, 11) is 0. The molecule has 23 heavy (non-hydrogen) atoms. The monoisotopic (exact) mass is 301 g/mol. The van der Waals surface area contributed by atoms with Crippen molar-refractivity contribution in [2.75, 3.05) is 0 Å². The quantitative estimate of drug-likeness (QED) is 0.737. The predicted molar refractivity (Wildman–Crippen MR) is 89.6 cm³/mol. The van der Waals surface area contributed by atoms with E-state index in [9.17, 15) is 4.79 Å². The maximum atomic E-state index is 12.3. The molecule has 0 bridgehead atoms. The summed E-state index contributed by atoms with van der Waals surface area (Å²) in [6, 6.07) is 19.9. The van der Waals surface area contributed by atoms with Crippen LogP contribution in [0.3, 0.4) is 0 Å². The van der Waals surface area contributed by atoms with E-state index in [0.29, 0.717) is 5.76 Å². The summed E-state index contributed by atoms with van der Waals surface area (Å²) in [5.74, 6) is 0.519. The van der Waals surface area contributed by atoms with Crippen LogP contribution >= 0.6 is 0 Å².